The first-order chi connectivity index (χ1) is 14.7. The van der Waals surface area contributed by atoms with E-state index in [9.17, 15) is 9.59 Å². The van der Waals surface area contributed by atoms with Gasteiger partial charge in [0.05, 0.1) is 5.56 Å². The average Bonchev–Trinajstić information content (AvgIpc) is 3.56. The van der Waals surface area contributed by atoms with Gasteiger partial charge in [0.15, 0.2) is 11.5 Å². The van der Waals surface area contributed by atoms with E-state index in [1.807, 2.05) is 30.3 Å². The summed E-state index contributed by atoms with van der Waals surface area (Å²) < 4.78 is 0. The van der Waals surface area contributed by atoms with Gasteiger partial charge < -0.3 is 15.1 Å². The molecule has 0 radical (unpaired) electrons. The van der Waals surface area contributed by atoms with Crippen molar-refractivity contribution in [2.24, 2.45) is 10.9 Å². The van der Waals surface area contributed by atoms with Crippen LogP contribution in [0.5, 0.6) is 0 Å². The van der Waals surface area contributed by atoms with Gasteiger partial charge in [0.2, 0.25) is 0 Å². The standard InChI is InChI=1S/C22H24N6O2/c29-21-17-4-2-1-3-16(17)20(24-21)28-13-11-27(12-14-28)19-8-7-18(25-26-19)22(30)23-10-9-15-5-6-15/h1-4,7-8,15H,5-6,9-14H2,(H,23,30). The number of aromatic nitrogens is 2. The Morgan fingerprint density at radius 3 is 2.40 bits per heavy atom. The van der Waals surface area contributed by atoms with Crippen molar-refractivity contribution in [1.82, 2.24) is 20.4 Å². The molecule has 0 spiro atoms. The van der Waals surface area contributed by atoms with Crippen LogP contribution in [0.4, 0.5) is 5.82 Å². The van der Waals surface area contributed by atoms with E-state index < -0.39 is 0 Å². The zero-order chi connectivity index (χ0) is 20.5. The minimum absolute atomic E-state index is 0.165. The summed E-state index contributed by atoms with van der Waals surface area (Å²) in [5.74, 6) is 1.98. The molecular weight excluding hydrogens is 380 g/mol. The van der Waals surface area contributed by atoms with Gasteiger partial charge in [-0.1, -0.05) is 31.0 Å². The van der Waals surface area contributed by atoms with Crippen molar-refractivity contribution in [2.45, 2.75) is 19.3 Å². The molecule has 1 aromatic heterocycles. The second-order valence-electron chi connectivity index (χ2n) is 8.02. The summed E-state index contributed by atoms with van der Waals surface area (Å²) in [5.41, 5.74) is 1.93. The Labute approximate surface area is 175 Å². The number of amidine groups is 1. The molecule has 1 N–H and O–H groups in total. The van der Waals surface area contributed by atoms with E-state index in [1.54, 1.807) is 6.07 Å². The molecule has 5 rings (SSSR count). The summed E-state index contributed by atoms with van der Waals surface area (Å²) in [6.45, 7) is 3.68. The third-order valence-electron chi connectivity index (χ3n) is 5.93. The van der Waals surface area contributed by atoms with Gasteiger partial charge in [-0.2, -0.15) is 4.99 Å². The number of anilines is 1. The van der Waals surface area contributed by atoms with Crippen LogP contribution in [0.3, 0.4) is 0 Å². The van der Waals surface area contributed by atoms with Crippen molar-refractivity contribution >= 4 is 23.5 Å². The number of fused-ring (bicyclic) bond motifs is 1. The fraction of sp³-hybridized carbons (Fsp3) is 0.409. The largest absolute Gasteiger partial charge is 0.352 e. The van der Waals surface area contributed by atoms with Crippen molar-refractivity contribution in [3.63, 3.8) is 0 Å². The Hall–Kier alpha value is -3.29. The highest BCUT2D eigenvalue weighted by Gasteiger charge is 2.29. The number of hydrogen-bond donors (Lipinski definition) is 1. The molecule has 1 saturated heterocycles. The molecule has 3 aliphatic rings. The maximum atomic E-state index is 12.2. The summed E-state index contributed by atoms with van der Waals surface area (Å²) >= 11 is 0. The number of carbonyl (C=O) groups excluding carboxylic acids is 2. The smallest absolute Gasteiger partial charge is 0.279 e. The van der Waals surface area contributed by atoms with Gasteiger partial charge >= 0.3 is 0 Å². The average molecular weight is 404 g/mol. The highest BCUT2D eigenvalue weighted by atomic mass is 16.2. The van der Waals surface area contributed by atoms with Crippen molar-refractivity contribution in [1.29, 1.82) is 0 Å². The molecule has 154 valence electrons. The van der Waals surface area contributed by atoms with Crippen LogP contribution in [0.2, 0.25) is 0 Å². The third kappa shape index (κ3) is 3.77. The minimum atomic E-state index is -0.167. The van der Waals surface area contributed by atoms with Crippen molar-refractivity contribution in [2.75, 3.05) is 37.6 Å². The number of carbonyl (C=O) groups is 2. The second-order valence-corrected chi connectivity index (χ2v) is 8.02. The molecule has 1 aliphatic carbocycles. The Bertz CT molecular complexity index is 991. The number of nitrogens with zero attached hydrogens (tertiary/aromatic N) is 5. The quantitative estimate of drug-likeness (QED) is 0.816. The van der Waals surface area contributed by atoms with E-state index in [2.05, 4.69) is 30.3 Å². The Morgan fingerprint density at radius 1 is 0.967 bits per heavy atom. The van der Waals surface area contributed by atoms with Crippen molar-refractivity contribution in [3.8, 4) is 0 Å². The first-order valence-electron chi connectivity index (χ1n) is 10.5. The maximum absolute atomic E-state index is 12.2. The highest BCUT2D eigenvalue weighted by molar-refractivity contribution is 6.20. The van der Waals surface area contributed by atoms with Crippen LogP contribution in [-0.4, -0.2) is 65.5 Å². The van der Waals surface area contributed by atoms with Gasteiger partial charge in [-0.25, -0.2) is 0 Å². The van der Waals surface area contributed by atoms with Crippen LogP contribution in [0.25, 0.3) is 0 Å². The molecule has 0 unspecified atom stereocenters. The number of benzene rings is 1. The molecule has 3 heterocycles. The number of aliphatic imine (C=N–C) groups is 1. The lowest BCUT2D eigenvalue weighted by Gasteiger charge is -2.36. The van der Waals surface area contributed by atoms with E-state index in [-0.39, 0.29) is 11.8 Å². The van der Waals surface area contributed by atoms with Gasteiger partial charge in [-0.05, 0) is 30.5 Å². The van der Waals surface area contributed by atoms with Crippen molar-refractivity contribution in [3.05, 3.63) is 53.2 Å². The van der Waals surface area contributed by atoms with Gasteiger partial charge in [-0.15, -0.1) is 10.2 Å². The molecule has 2 aliphatic heterocycles. The summed E-state index contributed by atoms with van der Waals surface area (Å²) in [4.78, 5) is 32.8. The number of rotatable bonds is 5. The molecule has 2 fully saturated rings. The first-order valence-corrected chi connectivity index (χ1v) is 10.5. The van der Waals surface area contributed by atoms with Crippen LogP contribution >= 0.6 is 0 Å². The summed E-state index contributed by atoms with van der Waals surface area (Å²) in [6, 6.07) is 11.2. The molecule has 0 bridgehead atoms. The molecular formula is C22H24N6O2. The predicted octanol–water partition coefficient (Wildman–Crippen LogP) is 1.73. The fourth-order valence-corrected chi connectivity index (χ4v) is 3.97. The maximum Gasteiger partial charge on any atom is 0.279 e. The van der Waals surface area contributed by atoms with E-state index in [0.717, 1.165) is 55.7 Å². The normalized spacial score (nSPS) is 18.3. The Morgan fingerprint density at radius 2 is 1.70 bits per heavy atom. The minimum Gasteiger partial charge on any atom is -0.352 e. The summed E-state index contributed by atoms with van der Waals surface area (Å²) in [6.07, 6.45) is 3.62. The lowest BCUT2D eigenvalue weighted by atomic mass is 10.1. The number of piperazine rings is 1. The number of amides is 2. The van der Waals surface area contributed by atoms with Crippen molar-refractivity contribution < 1.29 is 9.59 Å². The SMILES string of the molecule is O=C(NCCC1CC1)c1ccc(N2CCN(C3=NC(=O)c4ccccc43)CC2)nn1. The Balaban J connectivity index is 1.17. The highest BCUT2D eigenvalue weighted by Crippen LogP contribution is 2.31. The molecule has 2 aromatic rings. The number of hydrogen-bond acceptors (Lipinski definition) is 6. The lowest BCUT2D eigenvalue weighted by Crippen LogP contribution is -2.49. The molecule has 8 nitrogen and oxygen atoms in total. The van der Waals surface area contributed by atoms with Gasteiger partial charge in [0, 0.05) is 38.3 Å². The topological polar surface area (TPSA) is 90.8 Å². The van der Waals surface area contributed by atoms with Crippen LogP contribution < -0.4 is 10.2 Å². The van der Waals surface area contributed by atoms with Crippen LogP contribution in [0.1, 0.15) is 45.7 Å². The Kier molecular flexibility index (Phi) is 4.90. The van der Waals surface area contributed by atoms with Crippen LogP contribution in [0, 0.1) is 5.92 Å². The zero-order valence-corrected chi connectivity index (χ0v) is 16.8. The third-order valence-corrected chi connectivity index (χ3v) is 5.93. The monoisotopic (exact) mass is 404 g/mol. The molecule has 8 heteroatoms. The van der Waals surface area contributed by atoms with E-state index in [1.165, 1.54) is 12.8 Å². The van der Waals surface area contributed by atoms with Gasteiger partial charge in [0.25, 0.3) is 11.8 Å². The van der Waals surface area contributed by atoms with E-state index in [0.29, 0.717) is 17.8 Å². The van der Waals surface area contributed by atoms with Gasteiger partial charge in [-0.3, -0.25) is 9.59 Å². The van der Waals surface area contributed by atoms with Crippen LogP contribution in [-0.2, 0) is 0 Å². The van der Waals surface area contributed by atoms with Gasteiger partial charge in [0.1, 0.15) is 5.84 Å². The predicted molar refractivity (Wildman–Crippen MR) is 113 cm³/mol. The van der Waals surface area contributed by atoms with Crippen LogP contribution in [0.15, 0.2) is 41.4 Å². The molecule has 2 amide bonds. The first kappa shape index (κ1) is 18.7. The molecule has 1 saturated carbocycles. The lowest BCUT2D eigenvalue weighted by molar-refractivity contribution is 0.0945. The summed E-state index contributed by atoms with van der Waals surface area (Å²) in [5, 5.41) is 11.3. The molecule has 1 aromatic carbocycles. The second kappa shape index (κ2) is 7.85. The van der Waals surface area contributed by atoms with E-state index in [4.69, 9.17) is 0 Å². The molecule has 0 atom stereocenters. The fourth-order valence-electron chi connectivity index (χ4n) is 3.97. The number of nitrogens with one attached hydrogen (secondary N) is 1. The molecule has 30 heavy (non-hydrogen) atoms. The zero-order valence-electron chi connectivity index (χ0n) is 16.8. The van der Waals surface area contributed by atoms with E-state index >= 15 is 0 Å². The summed E-state index contributed by atoms with van der Waals surface area (Å²) in [7, 11) is 0.